The predicted molar refractivity (Wildman–Crippen MR) is 95.1 cm³/mol. The first-order valence-electron chi connectivity index (χ1n) is 7.18. The third kappa shape index (κ3) is 2.21. The van der Waals surface area contributed by atoms with Gasteiger partial charge in [-0.1, -0.05) is 41.9 Å². The third-order valence-electron chi connectivity index (χ3n) is 3.96. The van der Waals surface area contributed by atoms with Crippen LogP contribution in [0.5, 0.6) is 0 Å². The lowest BCUT2D eigenvalue weighted by Gasteiger charge is -2.08. The maximum atomic E-state index is 5.97. The topological polar surface area (TPSA) is 16.1 Å². The van der Waals surface area contributed by atoms with Crippen molar-refractivity contribution in [3.8, 4) is 22.4 Å². The Kier molecular flexibility index (Phi) is 3.21. The van der Waals surface area contributed by atoms with Crippen molar-refractivity contribution in [1.29, 1.82) is 0 Å². The van der Waals surface area contributed by atoms with Gasteiger partial charge in [0.2, 0.25) is 0 Å². The fourth-order valence-corrected chi connectivity index (χ4v) is 3.97. The number of hydrogen-bond acceptors (Lipinski definition) is 3. The molecule has 0 unspecified atom stereocenters. The smallest absolute Gasteiger partial charge is 0.185 e. The fourth-order valence-electron chi connectivity index (χ4n) is 2.83. The van der Waals surface area contributed by atoms with E-state index in [4.69, 9.17) is 16.6 Å². The van der Waals surface area contributed by atoms with Crippen molar-refractivity contribution in [3.63, 3.8) is 0 Å². The number of aromatic nitrogens is 1. The lowest BCUT2D eigenvalue weighted by Crippen LogP contribution is -2.07. The van der Waals surface area contributed by atoms with E-state index in [1.54, 1.807) is 11.3 Å². The molecule has 0 fully saturated rings. The van der Waals surface area contributed by atoms with Gasteiger partial charge >= 0.3 is 0 Å². The second-order valence-corrected chi connectivity index (χ2v) is 7.22. The molecule has 4 heteroatoms. The van der Waals surface area contributed by atoms with Crippen LogP contribution in [0.25, 0.3) is 22.4 Å². The van der Waals surface area contributed by atoms with E-state index in [0.29, 0.717) is 0 Å². The number of thiazole rings is 1. The SMILES string of the molecule is CN(C)c1nc2c(s1)Cc1cc(-c3ccc(Cl)cc3)ccc1-2. The Bertz CT molecular complexity index is 850. The molecule has 0 saturated heterocycles. The van der Waals surface area contributed by atoms with Crippen LogP contribution in [0, 0.1) is 0 Å². The van der Waals surface area contributed by atoms with Gasteiger partial charge in [0.25, 0.3) is 0 Å². The molecule has 1 aliphatic rings. The molecule has 0 atom stereocenters. The molecule has 0 N–H and O–H groups in total. The molecule has 0 bridgehead atoms. The van der Waals surface area contributed by atoms with Gasteiger partial charge in [0, 0.05) is 36.0 Å². The third-order valence-corrected chi connectivity index (χ3v) is 5.43. The molecule has 0 aliphatic heterocycles. The first kappa shape index (κ1) is 13.8. The van der Waals surface area contributed by atoms with Crippen LogP contribution < -0.4 is 4.90 Å². The summed E-state index contributed by atoms with van der Waals surface area (Å²) in [6, 6.07) is 14.7. The number of benzene rings is 2. The standard InChI is InChI=1S/C18H15ClN2S/c1-21(2)18-20-17-15-8-5-12(9-13(15)10-16(17)22-18)11-3-6-14(19)7-4-11/h3-9H,10H2,1-2H3. The summed E-state index contributed by atoms with van der Waals surface area (Å²) in [6.45, 7) is 0. The Morgan fingerprint density at radius 1 is 1.05 bits per heavy atom. The van der Waals surface area contributed by atoms with Crippen LogP contribution in [0.1, 0.15) is 10.4 Å². The van der Waals surface area contributed by atoms with Gasteiger partial charge in [0.1, 0.15) is 0 Å². The molecular formula is C18H15ClN2S. The summed E-state index contributed by atoms with van der Waals surface area (Å²) in [4.78, 5) is 8.21. The summed E-state index contributed by atoms with van der Waals surface area (Å²) >= 11 is 7.76. The first-order valence-corrected chi connectivity index (χ1v) is 8.37. The van der Waals surface area contributed by atoms with Crippen LogP contribution in [0.3, 0.4) is 0 Å². The minimum absolute atomic E-state index is 0.771. The number of nitrogens with zero attached hydrogens (tertiary/aromatic N) is 2. The van der Waals surface area contributed by atoms with E-state index < -0.39 is 0 Å². The van der Waals surface area contributed by atoms with E-state index in [2.05, 4.69) is 35.2 Å². The molecule has 22 heavy (non-hydrogen) atoms. The van der Waals surface area contributed by atoms with Crippen molar-refractivity contribution in [2.24, 2.45) is 0 Å². The Labute approximate surface area is 139 Å². The van der Waals surface area contributed by atoms with Crippen LogP contribution in [0.2, 0.25) is 5.02 Å². The highest BCUT2D eigenvalue weighted by Gasteiger charge is 2.24. The Morgan fingerprint density at radius 3 is 2.50 bits per heavy atom. The van der Waals surface area contributed by atoms with Gasteiger partial charge in [-0.25, -0.2) is 4.98 Å². The molecule has 2 nitrogen and oxygen atoms in total. The second-order valence-electron chi connectivity index (χ2n) is 5.72. The Hall–Kier alpha value is -1.84. The molecule has 0 saturated carbocycles. The number of fused-ring (bicyclic) bond motifs is 3. The molecule has 1 aromatic heterocycles. The molecule has 1 aliphatic carbocycles. The number of rotatable bonds is 2. The highest BCUT2D eigenvalue weighted by molar-refractivity contribution is 7.16. The average molecular weight is 327 g/mol. The highest BCUT2D eigenvalue weighted by Crippen LogP contribution is 2.42. The maximum absolute atomic E-state index is 5.97. The number of halogens is 1. The minimum atomic E-state index is 0.771. The molecule has 4 rings (SSSR count). The largest absolute Gasteiger partial charge is 0.354 e. The summed E-state index contributed by atoms with van der Waals surface area (Å²) in [6.07, 6.45) is 0.984. The van der Waals surface area contributed by atoms with E-state index >= 15 is 0 Å². The highest BCUT2D eigenvalue weighted by atomic mass is 35.5. The van der Waals surface area contributed by atoms with Gasteiger partial charge < -0.3 is 4.90 Å². The average Bonchev–Trinajstić information content (AvgIpc) is 3.05. The van der Waals surface area contributed by atoms with E-state index in [1.165, 1.54) is 27.1 Å². The van der Waals surface area contributed by atoms with Crippen LogP contribution >= 0.6 is 22.9 Å². The van der Waals surface area contributed by atoms with Gasteiger partial charge in [-0.2, -0.15) is 0 Å². The lowest BCUT2D eigenvalue weighted by molar-refractivity contribution is 1.11. The molecule has 1 heterocycles. The first-order chi connectivity index (χ1) is 10.6. The van der Waals surface area contributed by atoms with E-state index in [1.807, 2.05) is 26.2 Å². The molecule has 0 spiro atoms. The maximum Gasteiger partial charge on any atom is 0.185 e. The van der Waals surface area contributed by atoms with Crippen LogP contribution in [0.15, 0.2) is 42.5 Å². The van der Waals surface area contributed by atoms with Crippen LogP contribution in [-0.4, -0.2) is 19.1 Å². The summed E-state index contributed by atoms with van der Waals surface area (Å²) in [7, 11) is 4.08. The minimum Gasteiger partial charge on any atom is -0.354 e. The van der Waals surface area contributed by atoms with Gasteiger partial charge in [0.15, 0.2) is 5.13 Å². The van der Waals surface area contributed by atoms with Crippen molar-refractivity contribution >= 4 is 28.1 Å². The molecule has 3 aromatic rings. The molecular weight excluding hydrogens is 312 g/mol. The summed E-state index contributed by atoms with van der Waals surface area (Å²) in [5.41, 5.74) is 6.23. The quantitative estimate of drug-likeness (QED) is 0.509. The number of hydrogen-bond donors (Lipinski definition) is 0. The molecule has 2 aromatic carbocycles. The lowest BCUT2D eigenvalue weighted by atomic mass is 10.0. The Morgan fingerprint density at radius 2 is 1.77 bits per heavy atom. The fraction of sp³-hybridized carbons (Fsp3) is 0.167. The monoisotopic (exact) mass is 326 g/mol. The zero-order valence-electron chi connectivity index (χ0n) is 12.4. The van der Waals surface area contributed by atoms with Gasteiger partial charge in [-0.05, 0) is 28.8 Å². The predicted octanol–water partition coefficient (Wildman–Crippen LogP) is 5.10. The summed E-state index contributed by atoms with van der Waals surface area (Å²) < 4.78 is 0. The van der Waals surface area contributed by atoms with Gasteiger partial charge in [-0.3, -0.25) is 0 Å². The van der Waals surface area contributed by atoms with Crippen LogP contribution in [-0.2, 0) is 6.42 Å². The summed E-state index contributed by atoms with van der Waals surface area (Å²) in [5.74, 6) is 0. The van der Waals surface area contributed by atoms with E-state index in [0.717, 1.165) is 22.3 Å². The van der Waals surface area contributed by atoms with Crippen molar-refractivity contribution in [3.05, 3.63) is 57.9 Å². The molecule has 0 amide bonds. The van der Waals surface area contributed by atoms with E-state index in [-0.39, 0.29) is 0 Å². The number of anilines is 1. The van der Waals surface area contributed by atoms with E-state index in [9.17, 15) is 0 Å². The van der Waals surface area contributed by atoms with Crippen molar-refractivity contribution in [2.75, 3.05) is 19.0 Å². The molecule has 110 valence electrons. The zero-order valence-corrected chi connectivity index (χ0v) is 14.0. The van der Waals surface area contributed by atoms with Gasteiger partial charge in [0.05, 0.1) is 5.69 Å². The van der Waals surface area contributed by atoms with Crippen molar-refractivity contribution in [2.45, 2.75) is 6.42 Å². The van der Waals surface area contributed by atoms with Crippen molar-refractivity contribution in [1.82, 2.24) is 4.98 Å². The second kappa shape index (κ2) is 5.11. The Balaban J connectivity index is 1.74. The van der Waals surface area contributed by atoms with Crippen LogP contribution in [0.4, 0.5) is 5.13 Å². The molecule has 0 radical (unpaired) electrons. The van der Waals surface area contributed by atoms with Gasteiger partial charge in [-0.15, -0.1) is 11.3 Å². The van der Waals surface area contributed by atoms with Crippen molar-refractivity contribution < 1.29 is 0 Å². The normalized spacial score (nSPS) is 12.1. The zero-order chi connectivity index (χ0) is 15.3. The summed E-state index contributed by atoms with van der Waals surface area (Å²) in [5, 5.41) is 1.85.